The van der Waals surface area contributed by atoms with E-state index >= 15 is 0 Å². The highest BCUT2D eigenvalue weighted by Crippen LogP contribution is 2.33. The van der Waals surface area contributed by atoms with Crippen molar-refractivity contribution in [3.8, 4) is 0 Å². The molecular formula is C32H46N4O4S. The van der Waals surface area contributed by atoms with Gasteiger partial charge in [0.1, 0.15) is 10.5 Å². The molecule has 2 aliphatic heterocycles. The lowest BCUT2D eigenvalue weighted by atomic mass is 9.95. The molecular weight excluding hydrogens is 536 g/mol. The summed E-state index contributed by atoms with van der Waals surface area (Å²) in [5, 5.41) is 3.43. The Morgan fingerprint density at radius 3 is 2.46 bits per heavy atom. The van der Waals surface area contributed by atoms with E-state index in [2.05, 4.69) is 59.9 Å². The van der Waals surface area contributed by atoms with Crippen molar-refractivity contribution in [3.63, 3.8) is 0 Å². The molecule has 1 fully saturated rings. The van der Waals surface area contributed by atoms with Gasteiger partial charge in [0.15, 0.2) is 0 Å². The number of carbonyl (C=O) groups excluding carboxylic acids is 1. The molecule has 2 heterocycles. The zero-order chi connectivity index (χ0) is 29.2. The number of piperidine rings is 1. The second kappa shape index (κ2) is 15.0. The van der Waals surface area contributed by atoms with E-state index in [1.807, 2.05) is 24.3 Å². The van der Waals surface area contributed by atoms with E-state index < -0.39 is 21.5 Å². The van der Waals surface area contributed by atoms with Crippen LogP contribution in [0.1, 0.15) is 63.1 Å². The van der Waals surface area contributed by atoms with Gasteiger partial charge in [0.25, 0.3) is 0 Å². The Morgan fingerprint density at radius 1 is 1.17 bits per heavy atom. The number of nitrogens with two attached hydrogens (primary N) is 1. The predicted molar refractivity (Wildman–Crippen MR) is 165 cm³/mol. The van der Waals surface area contributed by atoms with Crippen LogP contribution in [0.5, 0.6) is 0 Å². The molecule has 2 aromatic rings. The molecule has 4 N–H and O–H groups in total. The summed E-state index contributed by atoms with van der Waals surface area (Å²) in [5.74, 6) is 1.14. The Balaban J connectivity index is 1.21. The van der Waals surface area contributed by atoms with Crippen LogP contribution in [0.15, 0.2) is 65.3 Å². The van der Waals surface area contributed by atoms with Crippen molar-refractivity contribution in [2.45, 2.75) is 68.1 Å². The molecule has 0 spiro atoms. The van der Waals surface area contributed by atoms with E-state index in [4.69, 9.17) is 15.3 Å². The van der Waals surface area contributed by atoms with Gasteiger partial charge in [-0.1, -0.05) is 38.1 Å². The predicted octanol–water partition coefficient (Wildman–Crippen LogP) is 4.70. The first-order valence-corrected chi connectivity index (χ1v) is 15.9. The number of amides is 1. The lowest BCUT2D eigenvalue weighted by molar-refractivity contribution is -0.121. The summed E-state index contributed by atoms with van der Waals surface area (Å²) in [6.07, 6.45) is 6.91. The number of hydroxylamine groups is 1. The number of carbonyl (C=O) groups is 1. The summed E-state index contributed by atoms with van der Waals surface area (Å²) >= 11 is 0. The Bertz CT molecular complexity index is 1180. The van der Waals surface area contributed by atoms with Gasteiger partial charge in [0, 0.05) is 50.3 Å². The molecule has 1 saturated heterocycles. The fourth-order valence-electron chi connectivity index (χ4n) is 5.50. The number of nitrogens with one attached hydrogen (secondary N) is 2. The smallest absolute Gasteiger partial charge is 0.236 e. The molecule has 41 heavy (non-hydrogen) atoms. The zero-order valence-corrected chi connectivity index (χ0v) is 25.5. The molecule has 4 rings (SSSR count). The summed E-state index contributed by atoms with van der Waals surface area (Å²) < 4.78 is 17.6. The quantitative estimate of drug-likeness (QED) is 0.277. The molecule has 0 aromatic heterocycles. The molecule has 9 heteroatoms. The molecule has 2 aromatic carbocycles. The van der Waals surface area contributed by atoms with Gasteiger partial charge in [0.05, 0.1) is 23.4 Å². The molecule has 0 saturated carbocycles. The van der Waals surface area contributed by atoms with Crippen LogP contribution in [0.25, 0.3) is 0 Å². The second-order valence-electron chi connectivity index (χ2n) is 11.5. The lowest BCUT2D eigenvalue weighted by Gasteiger charge is -2.38. The topological polar surface area (TPSA) is 106 Å². The van der Waals surface area contributed by atoms with Gasteiger partial charge in [0.2, 0.25) is 5.91 Å². The van der Waals surface area contributed by atoms with Gasteiger partial charge in [-0.25, -0.2) is 0 Å². The Morgan fingerprint density at radius 2 is 1.88 bits per heavy atom. The number of rotatable bonds is 14. The van der Waals surface area contributed by atoms with E-state index in [9.17, 15) is 9.00 Å². The molecule has 2 aliphatic rings. The minimum Gasteiger partial charge on any atom is -0.413 e. The average Bonchev–Trinajstić information content (AvgIpc) is 2.99. The third kappa shape index (κ3) is 8.41. The van der Waals surface area contributed by atoms with Crippen LogP contribution in [0, 0.1) is 5.92 Å². The number of likely N-dealkylation sites (tertiary alicyclic amines) is 1. The van der Waals surface area contributed by atoms with Crippen molar-refractivity contribution in [1.82, 2.24) is 10.4 Å². The van der Waals surface area contributed by atoms with Crippen molar-refractivity contribution >= 4 is 22.4 Å². The van der Waals surface area contributed by atoms with Gasteiger partial charge >= 0.3 is 0 Å². The number of nitrogens with zero attached hydrogens (tertiary/aromatic N) is 1. The van der Waals surface area contributed by atoms with E-state index in [1.54, 1.807) is 7.11 Å². The van der Waals surface area contributed by atoms with Gasteiger partial charge < -0.3 is 25.5 Å². The van der Waals surface area contributed by atoms with E-state index in [-0.39, 0.29) is 6.04 Å². The number of hydrogen-bond donors (Lipinski definition) is 3. The van der Waals surface area contributed by atoms with E-state index in [0.29, 0.717) is 43.4 Å². The van der Waals surface area contributed by atoms with Crippen LogP contribution in [0.3, 0.4) is 0 Å². The largest absolute Gasteiger partial charge is 0.413 e. The molecule has 0 radical (unpaired) electrons. The minimum atomic E-state index is -1.51. The van der Waals surface area contributed by atoms with Crippen molar-refractivity contribution in [1.29, 1.82) is 0 Å². The third-order valence-corrected chi connectivity index (χ3v) is 10.0. The summed E-state index contributed by atoms with van der Waals surface area (Å²) in [5.41, 5.74) is 12.6. The Labute approximate surface area is 247 Å². The number of primary amides is 1. The standard InChI is InChI=1S/C32H46N4O4S/c1-24(2)23-25-6-8-26(9-7-25)30-15-12-28(40-35-30)5-4-18-34-27-10-13-29(14-11-27)41(38)32(31(33)37)16-19-36(20-17-32)21-22-39-3/h6-14,24,30,34-35H,4-5,15-23H2,1-3H3,(H2,33,37). The maximum atomic E-state index is 13.5. The minimum absolute atomic E-state index is 0.172. The molecule has 224 valence electrons. The van der Waals surface area contributed by atoms with E-state index in [1.165, 1.54) is 11.1 Å². The van der Waals surface area contributed by atoms with Gasteiger partial charge in [-0.05, 0) is 79.5 Å². The average molecular weight is 583 g/mol. The molecule has 0 aliphatic carbocycles. The number of hydrogen-bond acceptors (Lipinski definition) is 7. The van der Waals surface area contributed by atoms with Crippen molar-refractivity contribution in [2.75, 3.05) is 45.2 Å². The number of ether oxygens (including phenoxy) is 1. The first-order valence-electron chi connectivity index (χ1n) is 14.8. The van der Waals surface area contributed by atoms with Crippen molar-refractivity contribution < 1.29 is 18.6 Å². The fraction of sp³-hybridized carbons (Fsp3) is 0.531. The monoisotopic (exact) mass is 582 g/mol. The molecule has 8 nitrogen and oxygen atoms in total. The number of benzene rings is 2. The summed E-state index contributed by atoms with van der Waals surface area (Å²) in [4.78, 5) is 21.2. The highest BCUT2D eigenvalue weighted by molar-refractivity contribution is 7.87. The Kier molecular flexibility index (Phi) is 11.4. The van der Waals surface area contributed by atoms with Gasteiger partial charge in [-0.3, -0.25) is 9.00 Å². The second-order valence-corrected chi connectivity index (χ2v) is 13.3. The summed E-state index contributed by atoms with van der Waals surface area (Å²) in [6, 6.07) is 16.5. The van der Waals surface area contributed by atoms with E-state index in [0.717, 1.165) is 50.2 Å². The molecule has 0 bridgehead atoms. The highest BCUT2D eigenvalue weighted by Gasteiger charge is 2.46. The zero-order valence-electron chi connectivity index (χ0n) is 24.7. The first kappa shape index (κ1) is 31.2. The summed E-state index contributed by atoms with van der Waals surface area (Å²) in [7, 11) is 0.165. The van der Waals surface area contributed by atoms with Crippen LogP contribution in [0.2, 0.25) is 0 Å². The first-order chi connectivity index (χ1) is 19.8. The third-order valence-electron chi connectivity index (χ3n) is 8.02. The van der Waals surface area contributed by atoms with Crippen LogP contribution in [0.4, 0.5) is 5.69 Å². The van der Waals surface area contributed by atoms with Gasteiger partial charge in [-0.2, -0.15) is 0 Å². The van der Waals surface area contributed by atoms with Crippen LogP contribution in [-0.2, 0) is 31.6 Å². The molecule has 2 atom stereocenters. The number of methoxy groups -OCH3 is 1. The number of allylic oxidation sites excluding steroid dienone is 1. The fourth-order valence-corrected chi connectivity index (χ4v) is 7.07. The molecule has 1 amide bonds. The summed E-state index contributed by atoms with van der Waals surface area (Å²) in [6.45, 7) is 8.06. The van der Waals surface area contributed by atoms with Crippen molar-refractivity contribution in [2.24, 2.45) is 11.7 Å². The van der Waals surface area contributed by atoms with Crippen LogP contribution in [-0.4, -0.2) is 59.7 Å². The van der Waals surface area contributed by atoms with Gasteiger partial charge in [-0.15, -0.1) is 5.48 Å². The van der Waals surface area contributed by atoms with Crippen LogP contribution >= 0.6 is 0 Å². The Hall–Kier alpha value is -2.72. The van der Waals surface area contributed by atoms with Crippen LogP contribution < -0.4 is 16.5 Å². The molecule has 2 unspecified atom stereocenters. The lowest BCUT2D eigenvalue weighted by Crippen LogP contribution is -2.55. The normalized spacial score (nSPS) is 19.8. The SMILES string of the molecule is COCCN1CCC(C(N)=O)(S(=O)c2ccc(NCCCC3=CCC(c4ccc(CC(C)C)cc4)NO3)cc2)CC1. The maximum Gasteiger partial charge on any atom is 0.236 e. The maximum absolute atomic E-state index is 13.5. The van der Waals surface area contributed by atoms with Crippen molar-refractivity contribution in [3.05, 3.63) is 71.5 Å². The number of anilines is 1. The highest BCUT2D eigenvalue weighted by atomic mass is 32.2.